The highest BCUT2D eigenvalue weighted by Gasteiger charge is 2.24. The van der Waals surface area contributed by atoms with Crippen molar-refractivity contribution in [3.05, 3.63) is 69.1 Å². The second kappa shape index (κ2) is 8.60. The van der Waals surface area contributed by atoms with Crippen LogP contribution in [0.25, 0.3) is 16.2 Å². The van der Waals surface area contributed by atoms with Gasteiger partial charge in [-0.1, -0.05) is 29.8 Å². The zero-order chi connectivity index (χ0) is 22.9. The van der Waals surface area contributed by atoms with Gasteiger partial charge in [-0.3, -0.25) is 20.2 Å². The maximum atomic E-state index is 12.8. The van der Waals surface area contributed by atoms with E-state index in [2.05, 4.69) is 15.4 Å². The molecule has 4 aromatic rings. The van der Waals surface area contributed by atoms with Crippen LogP contribution in [0.15, 0.2) is 47.8 Å². The average molecular weight is 465 g/mol. The Morgan fingerprint density at radius 3 is 2.67 bits per heavy atom. The summed E-state index contributed by atoms with van der Waals surface area (Å²) in [6, 6.07) is 12.5. The summed E-state index contributed by atoms with van der Waals surface area (Å²) < 4.78 is 6.99. The molecule has 11 heteroatoms. The highest BCUT2D eigenvalue weighted by molar-refractivity contribution is 7.15. The Morgan fingerprint density at radius 1 is 1.18 bits per heavy atom. The molecule has 1 saturated heterocycles. The molecule has 3 heterocycles. The molecule has 1 fully saturated rings. The van der Waals surface area contributed by atoms with Crippen molar-refractivity contribution >= 4 is 39.5 Å². The number of hydrogen-bond donors (Lipinski definition) is 1. The molecule has 1 aliphatic heterocycles. The summed E-state index contributed by atoms with van der Waals surface area (Å²) in [5.74, 6) is -0.373. The van der Waals surface area contributed by atoms with Gasteiger partial charge in [0.15, 0.2) is 0 Å². The second-order valence-electron chi connectivity index (χ2n) is 7.63. The van der Waals surface area contributed by atoms with Gasteiger partial charge in [0.1, 0.15) is 5.69 Å². The van der Waals surface area contributed by atoms with Crippen LogP contribution >= 0.6 is 11.3 Å². The monoisotopic (exact) mass is 464 g/mol. The van der Waals surface area contributed by atoms with Gasteiger partial charge in [-0.15, -0.1) is 16.4 Å². The number of aromatic nitrogens is 3. The van der Waals surface area contributed by atoms with Crippen LogP contribution in [0.3, 0.4) is 0 Å². The van der Waals surface area contributed by atoms with Crippen LogP contribution in [-0.2, 0) is 4.74 Å². The van der Waals surface area contributed by atoms with Crippen molar-refractivity contribution in [2.75, 3.05) is 36.5 Å². The number of rotatable bonds is 5. The average Bonchev–Trinajstić information content (AvgIpc) is 3.40. The lowest BCUT2D eigenvalue weighted by atomic mass is 10.1. The molecule has 0 spiro atoms. The summed E-state index contributed by atoms with van der Waals surface area (Å²) in [6.45, 7) is 4.16. The summed E-state index contributed by atoms with van der Waals surface area (Å²) in [5.41, 5.74) is 3.53. The number of amides is 1. The van der Waals surface area contributed by atoms with E-state index in [9.17, 15) is 14.9 Å². The first-order valence-electron chi connectivity index (χ1n) is 10.3. The Kier molecular flexibility index (Phi) is 5.48. The molecule has 0 unspecified atom stereocenters. The van der Waals surface area contributed by atoms with E-state index in [1.54, 1.807) is 16.6 Å². The van der Waals surface area contributed by atoms with Crippen LogP contribution in [0, 0.1) is 17.0 Å². The Balaban J connectivity index is 1.39. The van der Waals surface area contributed by atoms with Crippen LogP contribution in [0.2, 0.25) is 0 Å². The van der Waals surface area contributed by atoms with Gasteiger partial charge in [-0.2, -0.15) is 4.98 Å². The normalized spacial score (nSPS) is 13.9. The minimum absolute atomic E-state index is 0.120. The topological polar surface area (TPSA) is 115 Å². The van der Waals surface area contributed by atoms with Crippen molar-refractivity contribution in [1.29, 1.82) is 0 Å². The smallest absolute Gasteiger partial charge is 0.293 e. The van der Waals surface area contributed by atoms with E-state index in [4.69, 9.17) is 4.74 Å². The largest absolute Gasteiger partial charge is 0.378 e. The van der Waals surface area contributed by atoms with Gasteiger partial charge in [0.05, 0.1) is 23.8 Å². The molecule has 10 nitrogen and oxygen atoms in total. The highest BCUT2D eigenvalue weighted by Crippen LogP contribution is 2.30. The van der Waals surface area contributed by atoms with Crippen LogP contribution in [0.5, 0.6) is 0 Å². The number of nitrogens with one attached hydrogen (secondary N) is 1. The highest BCUT2D eigenvalue weighted by atomic mass is 32.1. The Labute approximate surface area is 192 Å². The third-order valence-electron chi connectivity index (χ3n) is 5.44. The molecule has 0 radical (unpaired) electrons. The predicted octanol–water partition coefficient (Wildman–Crippen LogP) is 3.76. The molecule has 1 aliphatic rings. The van der Waals surface area contributed by atoms with Crippen LogP contribution in [0.4, 0.5) is 17.3 Å². The number of nitro groups is 1. The molecule has 0 atom stereocenters. The lowest BCUT2D eigenvalue weighted by Crippen LogP contribution is -2.36. The number of carbonyl (C=O) groups excluding carboxylic acids is 1. The second-order valence-corrected chi connectivity index (χ2v) is 8.47. The molecular formula is C22H20N6O4S. The van der Waals surface area contributed by atoms with E-state index in [-0.39, 0.29) is 17.2 Å². The number of morpholine rings is 1. The van der Waals surface area contributed by atoms with E-state index < -0.39 is 10.8 Å². The number of carbonyl (C=O) groups is 1. The zero-order valence-electron chi connectivity index (χ0n) is 17.7. The van der Waals surface area contributed by atoms with E-state index in [0.29, 0.717) is 37.0 Å². The lowest BCUT2D eigenvalue weighted by molar-refractivity contribution is -0.384. The fraction of sp³-hybridized carbons (Fsp3) is 0.227. The molecule has 0 aliphatic carbocycles. The first kappa shape index (κ1) is 21.0. The molecule has 5 rings (SSSR count). The summed E-state index contributed by atoms with van der Waals surface area (Å²) in [5, 5.41) is 20.7. The number of benzene rings is 2. The van der Waals surface area contributed by atoms with Crippen LogP contribution in [-0.4, -0.2) is 51.7 Å². The Morgan fingerprint density at radius 2 is 1.94 bits per heavy atom. The fourth-order valence-electron chi connectivity index (χ4n) is 3.71. The summed E-state index contributed by atoms with van der Waals surface area (Å²) in [4.78, 5) is 30.9. The van der Waals surface area contributed by atoms with Crippen molar-refractivity contribution in [3.8, 4) is 11.3 Å². The van der Waals surface area contributed by atoms with E-state index in [1.165, 1.54) is 17.4 Å². The van der Waals surface area contributed by atoms with Crippen LogP contribution < -0.4 is 10.2 Å². The first-order chi connectivity index (χ1) is 16.0. The van der Waals surface area contributed by atoms with Crippen molar-refractivity contribution in [2.45, 2.75) is 6.92 Å². The summed E-state index contributed by atoms with van der Waals surface area (Å²) in [7, 11) is 0. The number of anilines is 2. The number of nitro benzene ring substituents is 1. The molecule has 1 N–H and O–H groups in total. The van der Waals surface area contributed by atoms with E-state index >= 15 is 0 Å². The van der Waals surface area contributed by atoms with Gasteiger partial charge in [0.2, 0.25) is 4.96 Å². The van der Waals surface area contributed by atoms with Crippen molar-refractivity contribution in [1.82, 2.24) is 14.6 Å². The van der Waals surface area contributed by atoms with Crippen molar-refractivity contribution in [3.63, 3.8) is 0 Å². The number of aryl methyl sites for hydroxylation is 1. The Bertz CT molecular complexity index is 1340. The molecule has 0 saturated carbocycles. The lowest BCUT2D eigenvalue weighted by Gasteiger charge is -2.28. The zero-order valence-corrected chi connectivity index (χ0v) is 18.5. The molecule has 0 bridgehead atoms. The molecule has 33 heavy (non-hydrogen) atoms. The summed E-state index contributed by atoms with van der Waals surface area (Å²) in [6.07, 6.45) is 0. The molecular weight excluding hydrogens is 444 g/mol. The van der Waals surface area contributed by atoms with Crippen molar-refractivity contribution in [2.24, 2.45) is 0 Å². The Hall–Kier alpha value is -3.83. The SMILES string of the molecule is Cc1ccc(-c2csc3nc(NC(=O)c4ccc(N5CCOCC5)c([N+](=O)[O-])c4)nn23)cc1. The number of fused-ring (bicyclic) bond motifs is 1. The summed E-state index contributed by atoms with van der Waals surface area (Å²) >= 11 is 1.41. The number of hydrogen-bond acceptors (Lipinski definition) is 8. The van der Waals surface area contributed by atoms with Gasteiger partial charge in [-0.25, -0.2) is 4.52 Å². The number of ether oxygens (including phenoxy) is 1. The van der Waals surface area contributed by atoms with Gasteiger partial charge in [0.25, 0.3) is 17.5 Å². The predicted molar refractivity (Wildman–Crippen MR) is 125 cm³/mol. The minimum atomic E-state index is -0.512. The van der Waals surface area contributed by atoms with Crippen molar-refractivity contribution < 1.29 is 14.5 Å². The molecule has 168 valence electrons. The third kappa shape index (κ3) is 4.15. The molecule has 2 aromatic carbocycles. The number of nitrogens with zero attached hydrogens (tertiary/aromatic N) is 5. The fourth-order valence-corrected chi connectivity index (χ4v) is 4.54. The third-order valence-corrected chi connectivity index (χ3v) is 6.26. The van der Waals surface area contributed by atoms with Crippen LogP contribution in [0.1, 0.15) is 15.9 Å². The van der Waals surface area contributed by atoms with Gasteiger partial charge < -0.3 is 9.64 Å². The standard InChI is InChI=1S/C22H20N6O4S/c1-14-2-4-15(5-3-14)19-13-33-22-24-21(25-27(19)22)23-20(29)16-6-7-17(18(12-16)28(30)31)26-8-10-32-11-9-26/h2-7,12-13H,8-11H2,1H3,(H,23,25,29). The molecule has 1 amide bonds. The quantitative estimate of drug-likeness (QED) is 0.353. The van der Waals surface area contributed by atoms with E-state index in [1.807, 2.05) is 41.5 Å². The number of thiazole rings is 1. The van der Waals surface area contributed by atoms with Gasteiger partial charge in [-0.05, 0) is 19.1 Å². The first-order valence-corrected chi connectivity index (χ1v) is 11.2. The maximum absolute atomic E-state index is 12.8. The van der Waals surface area contributed by atoms with Gasteiger partial charge in [0, 0.05) is 35.7 Å². The van der Waals surface area contributed by atoms with E-state index in [0.717, 1.165) is 16.8 Å². The maximum Gasteiger partial charge on any atom is 0.293 e. The van der Waals surface area contributed by atoms with Gasteiger partial charge >= 0.3 is 0 Å². The molecule has 2 aromatic heterocycles. The minimum Gasteiger partial charge on any atom is -0.378 e.